The van der Waals surface area contributed by atoms with Crippen molar-refractivity contribution in [3.63, 3.8) is 0 Å². The van der Waals surface area contributed by atoms with Crippen molar-refractivity contribution in [1.29, 1.82) is 0 Å². The molecule has 0 fully saturated rings. The third kappa shape index (κ3) is 5.70. The van der Waals surface area contributed by atoms with Gasteiger partial charge in [-0.1, -0.05) is 55.5 Å². The summed E-state index contributed by atoms with van der Waals surface area (Å²) in [6.45, 7) is 2.39. The number of nitrogens with one attached hydrogen (secondary N) is 2. The van der Waals surface area contributed by atoms with Crippen molar-refractivity contribution < 1.29 is 14.3 Å². The van der Waals surface area contributed by atoms with Crippen LogP contribution in [0.5, 0.6) is 5.75 Å². The summed E-state index contributed by atoms with van der Waals surface area (Å²) in [5.41, 5.74) is 3.03. The molecule has 0 saturated carbocycles. The van der Waals surface area contributed by atoms with E-state index in [1.165, 1.54) is 0 Å². The van der Waals surface area contributed by atoms with Gasteiger partial charge in [0.1, 0.15) is 5.75 Å². The van der Waals surface area contributed by atoms with Gasteiger partial charge in [-0.2, -0.15) is 0 Å². The molecule has 0 heterocycles. The van der Waals surface area contributed by atoms with Crippen molar-refractivity contribution >= 4 is 33.4 Å². The van der Waals surface area contributed by atoms with Crippen LogP contribution in [0.25, 0.3) is 11.1 Å². The van der Waals surface area contributed by atoms with Crippen molar-refractivity contribution in [2.24, 2.45) is 0 Å². The van der Waals surface area contributed by atoms with Gasteiger partial charge in [0, 0.05) is 6.54 Å². The number of hydrogen-bond donors (Lipinski definition) is 2. The maximum Gasteiger partial charge on any atom is 0.262 e. The van der Waals surface area contributed by atoms with Gasteiger partial charge in [-0.05, 0) is 57.7 Å². The number of rotatable bonds is 8. The predicted octanol–water partition coefficient (Wildman–Crippen LogP) is 5.27. The molecule has 0 radical (unpaired) electrons. The zero-order valence-electron chi connectivity index (χ0n) is 16.7. The number of amides is 2. The summed E-state index contributed by atoms with van der Waals surface area (Å²) in [7, 11) is 0. The molecule has 0 spiro atoms. The number of benzene rings is 3. The fourth-order valence-electron chi connectivity index (χ4n) is 2.88. The van der Waals surface area contributed by atoms with E-state index in [4.69, 9.17) is 4.74 Å². The lowest BCUT2D eigenvalue weighted by atomic mass is 10.1. The van der Waals surface area contributed by atoms with E-state index in [0.29, 0.717) is 23.5 Å². The second kappa shape index (κ2) is 10.6. The van der Waals surface area contributed by atoms with E-state index in [-0.39, 0.29) is 18.4 Å². The lowest BCUT2D eigenvalue weighted by Gasteiger charge is -2.13. The van der Waals surface area contributed by atoms with Gasteiger partial charge in [0.15, 0.2) is 6.61 Å². The highest BCUT2D eigenvalue weighted by atomic mass is 79.9. The van der Waals surface area contributed by atoms with Crippen molar-refractivity contribution in [3.05, 3.63) is 82.8 Å². The minimum absolute atomic E-state index is 0.172. The average molecular weight is 467 g/mol. The third-order valence-corrected chi connectivity index (χ3v) is 5.00. The summed E-state index contributed by atoms with van der Waals surface area (Å²) in [5, 5.41) is 5.57. The molecule has 0 aromatic heterocycles. The average Bonchev–Trinajstić information content (AvgIpc) is 2.77. The first kappa shape index (κ1) is 21.6. The topological polar surface area (TPSA) is 67.4 Å². The molecule has 3 aromatic rings. The molecule has 30 heavy (non-hydrogen) atoms. The van der Waals surface area contributed by atoms with Crippen LogP contribution < -0.4 is 15.4 Å². The first-order valence-electron chi connectivity index (χ1n) is 9.73. The molecule has 0 aliphatic rings. The standard InChI is InChI=1S/C24H23BrN2O3/c1-2-14-26-24(29)19-10-6-7-11-21(19)27-23(28)16-30-22-13-12-18(15-20(22)25)17-8-4-3-5-9-17/h3-13,15H,2,14,16H2,1H3,(H,26,29)(H,27,28). The minimum atomic E-state index is -0.343. The molecule has 5 nitrogen and oxygen atoms in total. The number of ether oxygens (including phenoxy) is 1. The molecule has 0 unspecified atom stereocenters. The van der Waals surface area contributed by atoms with Crippen molar-refractivity contribution in [3.8, 4) is 16.9 Å². The summed E-state index contributed by atoms with van der Waals surface area (Å²) < 4.78 is 6.43. The Morgan fingerprint density at radius 2 is 1.67 bits per heavy atom. The van der Waals surface area contributed by atoms with Crippen LogP contribution in [0.3, 0.4) is 0 Å². The van der Waals surface area contributed by atoms with Crippen LogP contribution in [0.15, 0.2) is 77.3 Å². The Labute approximate surface area is 184 Å². The zero-order valence-corrected chi connectivity index (χ0v) is 18.2. The molecule has 0 atom stereocenters. The molecule has 0 saturated heterocycles. The smallest absolute Gasteiger partial charge is 0.262 e. The van der Waals surface area contributed by atoms with Crippen LogP contribution in [-0.2, 0) is 4.79 Å². The summed E-state index contributed by atoms with van der Waals surface area (Å²) in [6.07, 6.45) is 0.839. The summed E-state index contributed by atoms with van der Waals surface area (Å²) in [6, 6.07) is 22.6. The largest absolute Gasteiger partial charge is 0.483 e. The highest BCUT2D eigenvalue weighted by Gasteiger charge is 2.13. The first-order chi connectivity index (χ1) is 14.6. The minimum Gasteiger partial charge on any atom is -0.483 e. The Morgan fingerprint density at radius 1 is 0.933 bits per heavy atom. The Morgan fingerprint density at radius 3 is 2.40 bits per heavy atom. The normalized spacial score (nSPS) is 10.3. The molecule has 2 N–H and O–H groups in total. The summed E-state index contributed by atoms with van der Waals surface area (Å²) >= 11 is 3.51. The maximum atomic E-state index is 12.4. The molecule has 154 valence electrons. The predicted molar refractivity (Wildman–Crippen MR) is 123 cm³/mol. The van der Waals surface area contributed by atoms with Gasteiger partial charge in [0.2, 0.25) is 0 Å². The van der Waals surface area contributed by atoms with Crippen LogP contribution in [0.1, 0.15) is 23.7 Å². The van der Waals surface area contributed by atoms with Crippen LogP contribution >= 0.6 is 15.9 Å². The maximum absolute atomic E-state index is 12.4. The van der Waals surface area contributed by atoms with Gasteiger partial charge in [-0.15, -0.1) is 0 Å². The van der Waals surface area contributed by atoms with Gasteiger partial charge in [0.25, 0.3) is 11.8 Å². The van der Waals surface area contributed by atoms with E-state index in [1.54, 1.807) is 24.3 Å². The van der Waals surface area contributed by atoms with E-state index in [2.05, 4.69) is 26.6 Å². The lowest BCUT2D eigenvalue weighted by molar-refractivity contribution is -0.118. The molecule has 3 rings (SSSR count). The lowest BCUT2D eigenvalue weighted by Crippen LogP contribution is -2.27. The number of carbonyl (C=O) groups excluding carboxylic acids is 2. The molecular formula is C24H23BrN2O3. The molecule has 3 aromatic carbocycles. The monoisotopic (exact) mass is 466 g/mol. The zero-order chi connectivity index (χ0) is 21.3. The molecule has 0 aliphatic carbocycles. The Bertz CT molecular complexity index is 1020. The van der Waals surface area contributed by atoms with Crippen molar-refractivity contribution in [1.82, 2.24) is 5.32 Å². The molecule has 0 aliphatic heterocycles. The van der Waals surface area contributed by atoms with E-state index < -0.39 is 0 Å². The summed E-state index contributed by atoms with van der Waals surface area (Å²) in [5.74, 6) is 0.0106. The van der Waals surface area contributed by atoms with Gasteiger partial charge >= 0.3 is 0 Å². The van der Waals surface area contributed by atoms with Crippen LogP contribution in [0.2, 0.25) is 0 Å². The molecule has 2 amide bonds. The van der Waals surface area contributed by atoms with E-state index >= 15 is 0 Å². The number of carbonyl (C=O) groups is 2. The second-order valence-electron chi connectivity index (χ2n) is 6.65. The fraction of sp³-hybridized carbons (Fsp3) is 0.167. The number of hydrogen-bond acceptors (Lipinski definition) is 3. The van der Waals surface area contributed by atoms with Crippen LogP contribution in [0, 0.1) is 0 Å². The molecule has 0 bridgehead atoms. The summed E-state index contributed by atoms with van der Waals surface area (Å²) in [4.78, 5) is 24.7. The quantitative estimate of drug-likeness (QED) is 0.474. The van der Waals surface area contributed by atoms with Gasteiger partial charge in [-0.3, -0.25) is 9.59 Å². The Kier molecular flexibility index (Phi) is 7.63. The van der Waals surface area contributed by atoms with Crippen molar-refractivity contribution in [2.45, 2.75) is 13.3 Å². The second-order valence-corrected chi connectivity index (χ2v) is 7.50. The number of para-hydroxylation sites is 1. The molecular weight excluding hydrogens is 444 g/mol. The van der Waals surface area contributed by atoms with Gasteiger partial charge in [-0.25, -0.2) is 0 Å². The first-order valence-corrected chi connectivity index (χ1v) is 10.5. The Hall–Kier alpha value is -3.12. The highest BCUT2D eigenvalue weighted by Crippen LogP contribution is 2.30. The number of halogens is 1. The van der Waals surface area contributed by atoms with Crippen molar-refractivity contribution in [2.75, 3.05) is 18.5 Å². The Balaban J connectivity index is 1.62. The number of anilines is 1. The third-order valence-electron chi connectivity index (χ3n) is 4.38. The van der Waals surface area contributed by atoms with Gasteiger partial charge < -0.3 is 15.4 Å². The van der Waals surface area contributed by atoms with E-state index in [9.17, 15) is 9.59 Å². The van der Waals surface area contributed by atoms with Crippen LogP contribution in [-0.4, -0.2) is 25.0 Å². The van der Waals surface area contributed by atoms with Gasteiger partial charge in [0.05, 0.1) is 15.7 Å². The fourth-order valence-corrected chi connectivity index (χ4v) is 3.37. The SMILES string of the molecule is CCCNC(=O)c1ccccc1NC(=O)COc1ccc(-c2ccccc2)cc1Br. The van der Waals surface area contributed by atoms with E-state index in [1.807, 2.05) is 55.5 Å². The highest BCUT2D eigenvalue weighted by molar-refractivity contribution is 9.10. The molecule has 6 heteroatoms. The van der Waals surface area contributed by atoms with Crippen LogP contribution in [0.4, 0.5) is 5.69 Å². The van der Waals surface area contributed by atoms with E-state index in [0.717, 1.165) is 22.0 Å².